The molecule has 80 valence electrons. The lowest BCUT2D eigenvalue weighted by atomic mass is 9.86. The van der Waals surface area contributed by atoms with Crippen molar-refractivity contribution in [3.63, 3.8) is 0 Å². The molecule has 0 saturated heterocycles. The molecule has 0 radical (unpaired) electrons. The van der Waals surface area contributed by atoms with Crippen LogP contribution >= 0.6 is 0 Å². The average molecular weight is 200 g/mol. The number of hydrogen-bond donors (Lipinski definition) is 1. The van der Waals surface area contributed by atoms with Gasteiger partial charge in [0, 0.05) is 12.5 Å². The van der Waals surface area contributed by atoms with E-state index < -0.39 is 17.4 Å². The molecule has 0 aromatic rings. The molecular weight excluding hydrogens is 184 g/mol. The summed E-state index contributed by atoms with van der Waals surface area (Å²) in [4.78, 5) is 21.3. The molecule has 0 unspecified atom stereocenters. The van der Waals surface area contributed by atoms with Crippen molar-refractivity contribution in [3.05, 3.63) is 11.6 Å². The Morgan fingerprint density at radius 2 is 1.86 bits per heavy atom. The van der Waals surface area contributed by atoms with Gasteiger partial charge in [-0.2, -0.15) is 0 Å². The summed E-state index contributed by atoms with van der Waals surface area (Å²) in [7, 11) is 0. The summed E-state index contributed by atoms with van der Waals surface area (Å²) in [5.74, 6) is -1.40. The van der Waals surface area contributed by atoms with Gasteiger partial charge < -0.3 is 9.84 Å². The molecule has 0 heterocycles. The highest BCUT2D eigenvalue weighted by Gasteiger charge is 2.22. The van der Waals surface area contributed by atoms with E-state index in [1.54, 1.807) is 20.8 Å². The number of hydrogen-bond acceptors (Lipinski definition) is 3. The van der Waals surface area contributed by atoms with Crippen molar-refractivity contribution >= 4 is 11.9 Å². The van der Waals surface area contributed by atoms with E-state index in [1.165, 1.54) is 13.0 Å². The van der Waals surface area contributed by atoms with E-state index in [1.807, 2.05) is 0 Å². The van der Waals surface area contributed by atoms with Crippen LogP contribution < -0.4 is 0 Å². The van der Waals surface area contributed by atoms with E-state index >= 15 is 0 Å². The molecule has 4 heteroatoms. The van der Waals surface area contributed by atoms with Crippen LogP contribution in [0.15, 0.2) is 11.6 Å². The van der Waals surface area contributed by atoms with Crippen LogP contribution in [0.3, 0.4) is 0 Å². The third-order valence-electron chi connectivity index (χ3n) is 1.61. The Morgan fingerprint density at radius 1 is 1.36 bits per heavy atom. The third-order valence-corrected chi connectivity index (χ3v) is 1.61. The van der Waals surface area contributed by atoms with Crippen LogP contribution in [0.2, 0.25) is 0 Å². The van der Waals surface area contributed by atoms with Gasteiger partial charge in [-0.3, -0.25) is 4.79 Å². The first-order valence-electron chi connectivity index (χ1n) is 4.32. The Balaban J connectivity index is 4.51. The molecule has 0 fully saturated rings. The molecule has 0 saturated carbocycles. The number of ether oxygens (including phenoxy) is 1. The van der Waals surface area contributed by atoms with E-state index in [9.17, 15) is 9.59 Å². The Morgan fingerprint density at radius 3 is 2.14 bits per heavy atom. The first kappa shape index (κ1) is 12.7. The number of carboxylic acids is 1. The standard InChI is InChI=1S/C10H16O4/c1-7(11)14-6-5-8(9(12)13)10(2,3)4/h5H,6H2,1-4H3,(H,12,13)/b8-5-. The van der Waals surface area contributed by atoms with Crippen molar-refractivity contribution in [2.75, 3.05) is 6.61 Å². The SMILES string of the molecule is CC(=O)OC/C=C(/C(=O)O)C(C)(C)C. The molecule has 0 rings (SSSR count). The first-order valence-corrected chi connectivity index (χ1v) is 4.32. The van der Waals surface area contributed by atoms with Gasteiger partial charge in [0.05, 0.1) is 0 Å². The van der Waals surface area contributed by atoms with E-state index in [-0.39, 0.29) is 12.2 Å². The fourth-order valence-corrected chi connectivity index (χ4v) is 0.957. The number of aliphatic carboxylic acids is 1. The number of carbonyl (C=O) groups excluding carboxylic acids is 1. The molecule has 0 spiro atoms. The van der Waals surface area contributed by atoms with Gasteiger partial charge in [0.25, 0.3) is 0 Å². The summed E-state index contributed by atoms with van der Waals surface area (Å²) in [5.41, 5.74) is -0.204. The zero-order valence-electron chi connectivity index (χ0n) is 8.96. The van der Waals surface area contributed by atoms with Crippen molar-refractivity contribution in [1.82, 2.24) is 0 Å². The summed E-state index contributed by atoms with van der Waals surface area (Å²) in [5, 5.41) is 8.87. The summed E-state index contributed by atoms with van der Waals surface area (Å²) in [6, 6.07) is 0. The topological polar surface area (TPSA) is 63.6 Å². The van der Waals surface area contributed by atoms with Crippen molar-refractivity contribution < 1.29 is 19.4 Å². The molecule has 0 aliphatic rings. The molecular formula is C10H16O4. The fourth-order valence-electron chi connectivity index (χ4n) is 0.957. The molecule has 1 N–H and O–H groups in total. The largest absolute Gasteiger partial charge is 0.478 e. The lowest BCUT2D eigenvalue weighted by Gasteiger charge is -2.19. The van der Waals surface area contributed by atoms with E-state index in [0.717, 1.165) is 0 Å². The zero-order valence-corrected chi connectivity index (χ0v) is 8.96. The first-order chi connectivity index (χ1) is 6.25. The fraction of sp³-hybridized carbons (Fsp3) is 0.600. The van der Waals surface area contributed by atoms with Crippen molar-refractivity contribution in [1.29, 1.82) is 0 Å². The normalized spacial score (nSPS) is 12.4. The van der Waals surface area contributed by atoms with Crippen molar-refractivity contribution in [2.24, 2.45) is 5.41 Å². The summed E-state index contributed by atoms with van der Waals surface area (Å²) in [6.07, 6.45) is 1.42. The minimum absolute atomic E-state index is 0.00817. The van der Waals surface area contributed by atoms with Crippen LogP contribution in [0.4, 0.5) is 0 Å². The van der Waals surface area contributed by atoms with Crippen LogP contribution in [0.1, 0.15) is 27.7 Å². The van der Waals surface area contributed by atoms with E-state index in [0.29, 0.717) is 0 Å². The van der Waals surface area contributed by atoms with Crippen LogP contribution in [0.5, 0.6) is 0 Å². The van der Waals surface area contributed by atoms with Gasteiger partial charge in [-0.15, -0.1) is 0 Å². The maximum atomic E-state index is 10.8. The Labute approximate surface area is 83.6 Å². The molecule has 0 aromatic heterocycles. The van der Waals surface area contributed by atoms with Gasteiger partial charge >= 0.3 is 11.9 Å². The number of rotatable bonds is 3. The Bertz CT molecular complexity index is 258. The van der Waals surface area contributed by atoms with Crippen LogP contribution in [-0.4, -0.2) is 23.7 Å². The summed E-state index contributed by atoms with van der Waals surface area (Å²) >= 11 is 0. The Kier molecular flexibility index (Phi) is 4.34. The predicted molar refractivity (Wildman–Crippen MR) is 51.8 cm³/mol. The monoisotopic (exact) mass is 200 g/mol. The number of esters is 1. The van der Waals surface area contributed by atoms with Crippen molar-refractivity contribution in [2.45, 2.75) is 27.7 Å². The van der Waals surface area contributed by atoms with Gasteiger partial charge in [0.1, 0.15) is 6.61 Å². The molecule has 0 aliphatic heterocycles. The highest BCUT2D eigenvalue weighted by molar-refractivity contribution is 5.87. The molecule has 0 atom stereocenters. The highest BCUT2D eigenvalue weighted by Crippen LogP contribution is 2.24. The van der Waals surface area contributed by atoms with Crippen LogP contribution in [0, 0.1) is 5.41 Å². The van der Waals surface area contributed by atoms with Gasteiger partial charge in [-0.05, 0) is 11.5 Å². The number of carbonyl (C=O) groups is 2. The average Bonchev–Trinajstić information content (AvgIpc) is 1.94. The molecule has 4 nitrogen and oxygen atoms in total. The lowest BCUT2D eigenvalue weighted by Crippen LogP contribution is -2.18. The molecule has 0 aliphatic carbocycles. The molecule has 14 heavy (non-hydrogen) atoms. The predicted octanol–water partition coefficient (Wildman–Crippen LogP) is 1.61. The molecule has 0 aromatic carbocycles. The smallest absolute Gasteiger partial charge is 0.331 e. The zero-order chi connectivity index (χ0) is 11.4. The summed E-state index contributed by atoms with van der Waals surface area (Å²) in [6.45, 7) is 6.67. The second-order valence-electron chi connectivity index (χ2n) is 3.98. The molecule has 0 bridgehead atoms. The van der Waals surface area contributed by atoms with Gasteiger partial charge in [-0.25, -0.2) is 4.79 Å². The second-order valence-corrected chi connectivity index (χ2v) is 3.98. The Hall–Kier alpha value is -1.32. The maximum absolute atomic E-state index is 10.8. The van der Waals surface area contributed by atoms with Crippen molar-refractivity contribution in [3.8, 4) is 0 Å². The van der Waals surface area contributed by atoms with E-state index in [2.05, 4.69) is 4.74 Å². The quantitative estimate of drug-likeness (QED) is 0.555. The summed E-state index contributed by atoms with van der Waals surface area (Å²) < 4.78 is 4.64. The van der Waals surface area contributed by atoms with Crippen LogP contribution in [-0.2, 0) is 14.3 Å². The van der Waals surface area contributed by atoms with E-state index in [4.69, 9.17) is 5.11 Å². The second kappa shape index (κ2) is 4.79. The van der Waals surface area contributed by atoms with Gasteiger partial charge in [0.2, 0.25) is 0 Å². The highest BCUT2D eigenvalue weighted by atomic mass is 16.5. The van der Waals surface area contributed by atoms with Gasteiger partial charge in [-0.1, -0.05) is 20.8 Å². The minimum atomic E-state index is -0.982. The third kappa shape index (κ3) is 4.64. The van der Waals surface area contributed by atoms with Gasteiger partial charge in [0.15, 0.2) is 0 Å². The minimum Gasteiger partial charge on any atom is -0.478 e. The lowest BCUT2D eigenvalue weighted by molar-refractivity contribution is -0.140. The van der Waals surface area contributed by atoms with Crippen LogP contribution in [0.25, 0.3) is 0 Å². The molecule has 0 amide bonds. The maximum Gasteiger partial charge on any atom is 0.331 e. The number of carboxylic acid groups (broad SMARTS) is 1.